The molecular formula is C13H14ClN3O3. The quantitative estimate of drug-likeness (QED) is 0.781. The van der Waals surface area contributed by atoms with Crippen LogP contribution in [0.4, 0.5) is 0 Å². The molecule has 0 radical (unpaired) electrons. The lowest BCUT2D eigenvalue weighted by atomic mass is 10.1. The molecule has 0 aliphatic carbocycles. The molecule has 20 heavy (non-hydrogen) atoms. The first kappa shape index (κ1) is 14.5. The predicted octanol–water partition coefficient (Wildman–Crippen LogP) is 0.286. The molecule has 1 atom stereocenters. The van der Waals surface area contributed by atoms with Crippen LogP contribution in [0.5, 0.6) is 0 Å². The van der Waals surface area contributed by atoms with Gasteiger partial charge in [-0.25, -0.2) is 0 Å². The van der Waals surface area contributed by atoms with E-state index < -0.39 is 11.9 Å². The Hall–Kier alpha value is -1.92. The van der Waals surface area contributed by atoms with E-state index in [9.17, 15) is 14.4 Å². The standard InChI is InChI=1S/C13H14ClN3O3/c1-17-11(18)5-10(13(17)20)16-6-8-3-2-7(12(15)19)4-9(8)14/h2-4,10,16H,5-6H2,1H3,(H2,15,19). The van der Waals surface area contributed by atoms with Crippen LogP contribution in [0.3, 0.4) is 0 Å². The normalized spacial score (nSPS) is 18.7. The Kier molecular flexibility index (Phi) is 4.06. The summed E-state index contributed by atoms with van der Waals surface area (Å²) >= 11 is 6.04. The molecule has 106 valence electrons. The molecule has 1 aromatic carbocycles. The lowest BCUT2D eigenvalue weighted by Gasteiger charge is -2.12. The number of likely N-dealkylation sites (tertiary alicyclic amines) is 1. The third kappa shape index (κ3) is 2.81. The second-order valence-corrected chi connectivity index (χ2v) is 5.01. The topological polar surface area (TPSA) is 92.5 Å². The molecule has 0 bridgehead atoms. The molecule has 1 aliphatic heterocycles. The molecule has 3 N–H and O–H groups in total. The first-order valence-electron chi connectivity index (χ1n) is 6.02. The highest BCUT2D eigenvalue weighted by atomic mass is 35.5. The molecule has 0 saturated carbocycles. The molecule has 7 heteroatoms. The summed E-state index contributed by atoms with van der Waals surface area (Å²) in [5, 5.41) is 3.37. The maximum Gasteiger partial charge on any atom is 0.248 e. The fourth-order valence-corrected chi connectivity index (χ4v) is 2.24. The number of nitrogens with one attached hydrogen (secondary N) is 1. The van der Waals surface area contributed by atoms with E-state index in [0.717, 1.165) is 10.5 Å². The van der Waals surface area contributed by atoms with Crippen LogP contribution in [0.2, 0.25) is 5.02 Å². The summed E-state index contributed by atoms with van der Waals surface area (Å²) in [5.41, 5.74) is 6.21. The van der Waals surface area contributed by atoms with Crippen molar-refractivity contribution in [1.82, 2.24) is 10.2 Å². The van der Waals surface area contributed by atoms with Gasteiger partial charge in [-0.3, -0.25) is 19.3 Å². The summed E-state index contributed by atoms with van der Waals surface area (Å²) in [7, 11) is 1.46. The van der Waals surface area contributed by atoms with Crippen molar-refractivity contribution in [2.24, 2.45) is 5.73 Å². The number of amides is 3. The van der Waals surface area contributed by atoms with Crippen LogP contribution in [0.25, 0.3) is 0 Å². The van der Waals surface area contributed by atoms with E-state index >= 15 is 0 Å². The largest absolute Gasteiger partial charge is 0.366 e. The molecular weight excluding hydrogens is 282 g/mol. The maximum atomic E-state index is 11.7. The van der Waals surface area contributed by atoms with E-state index in [1.165, 1.54) is 13.1 Å². The molecule has 6 nitrogen and oxygen atoms in total. The van der Waals surface area contributed by atoms with Crippen molar-refractivity contribution in [2.75, 3.05) is 7.05 Å². The van der Waals surface area contributed by atoms with Crippen molar-refractivity contribution in [3.63, 3.8) is 0 Å². The minimum Gasteiger partial charge on any atom is -0.366 e. The van der Waals surface area contributed by atoms with Gasteiger partial charge in [0.1, 0.15) is 0 Å². The van der Waals surface area contributed by atoms with Gasteiger partial charge in [-0.05, 0) is 17.7 Å². The van der Waals surface area contributed by atoms with Crippen LogP contribution >= 0.6 is 11.6 Å². The molecule has 1 fully saturated rings. The van der Waals surface area contributed by atoms with Gasteiger partial charge in [0, 0.05) is 24.2 Å². The zero-order valence-corrected chi connectivity index (χ0v) is 11.6. The summed E-state index contributed by atoms with van der Waals surface area (Å²) < 4.78 is 0. The third-order valence-corrected chi connectivity index (χ3v) is 3.61. The van der Waals surface area contributed by atoms with Gasteiger partial charge in [-0.2, -0.15) is 0 Å². The first-order valence-corrected chi connectivity index (χ1v) is 6.40. The van der Waals surface area contributed by atoms with E-state index in [4.69, 9.17) is 17.3 Å². The van der Waals surface area contributed by atoms with Gasteiger partial charge in [0.2, 0.25) is 17.7 Å². The van der Waals surface area contributed by atoms with Crippen molar-refractivity contribution in [3.05, 3.63) is 34.3 Å². The number of likely N-dealkylation sites (N-methyl/N-ethyl adjacent to an activating group) is 1. The van der Waals surface area contributed by atoms with Crippen LogP contribution in [-0.4, -0.2) is 35.7 Å². The van der Waals surface area contributed by atoms with E-state index in [1.807, 2.05) is 0 Å². The van der Waals surface area contributed by atoms with Gasteiger partial charge < -0.3 is 11.1 Å². The van der Waals surface area contributed by atoms with Crippen LogP contribution in [0, 0.1) is 0 Å². The highest BCUT2D eigenvalue weighted by molar-refractivity contribution is 6.31. The van der Waals surface area contributed by atoms with Gasteiger partial charge >= 0.3 is 0 Å². The monoisotopic (exact) mass is 295 g/mol. The van der Waals surface area contributed by atoms with Crippen LogP contribution < -0.4 is 11.1 Å². The van der Waals surface area contributed by atoms with E-state index in [0.29, 0.717) is 17.1 Å². The zero-order chi connectivity index (χ0) is 14.9. The van der Waals surface area contributed by atoms with E-state index in [-0.39, 0.29) is 18.2 Å². The fraction of sp³-hybridized carbons (Fsp3) is 0.308. The highest BCUT2D eigenvalue weighted by Gasteiger charge is 2.35. The molecule has 1 aliphatic rings. The average molecular weight is 296 g/mol. The number of primary amides is 1. The lowest BCUT2D eigenvalue weighted by molar-refractivity contribution is -0.137. The Morgan fingerprint density at radius 3 is 2.70 bits per heavy atom. The number of nitrogens with two attached hydrogens (primary N) is 1. The van der Waals surface area contributed by atoms with Gasteiger partial charge in [-0.15, -0.1) is 0 Å². The maximum absolute atomic E-state index is 11.7. The van der Waals surface area contributed by atoms with Crippen molar-refractivity contribution >= 4 is 29.3 Å². The molecule has 2 rings (SSSR count). The molecule has 0 spiro atoms. The number of rotatable bonds is 4. The van der Waals surface area contributed by atoms with E-state index in [2.05, 4.69) is 5.32 Å². The number of imide groups is 1. The second kappa shape index (κ2) is 5.60. The van der Waals surface area contributed by atoms with Gasteiger partial charge in [0.25, 0.3) is 0 Å². The van der Waals surface area contributed by atoms with E-state index in [1.54, 1.807) is 12.1 Å². The van der Waals surface area contributed by atoms with Gasteiger partial charge in [-0.1, -0.05) is 17.7 Å². The molecule has 1 unspecified atom stereocenters. The van der Waals surface area contributed by atoms with Crippen molar-refractivity contribution in [1.29, 1.82) is 0 Å². The van der Waals surface area contributed by atoms with Crippen molar-refractivity contribution < 1.29 is 14.4 Å². The Morgan fingerprint density at radius 2 is 2.20 bits per heavy atom. The lowest BCUT2D eigenvalue weighted by Crippen LogP contribution is -2.36. The molecule has 3 amide bonds. The predicted molar refractivity (Wildman–Crippen MR) is 73.0 cm³/mol. The molecule has 1 saturated heterocycles. The van der Waals surface area contributed by atoms with Crippen LogP contribution in [-0.2, 0) is 16.1 Å². The number of halogens is 1. The number of hydrogen-bond donors (Lipinski definition) is 2. The number of carbonyl (C=O) groups excluding carboxylic acids is 3. The smallest absolute Gasteiger partial charge is 0.248 e. The summed E-state index contributed by atoms with van der Waals surface area (Å²) in [6.45, 7) is 0.329. The molecule has 1 heterocycles. The van der Waals surface area contributed by atoms with Crippen LogP contribution in [0.15, 0.2) is 18.2 Å². The number of hydrogen-bond acceptors (Lipinski definition) is 4. The Bertz CT molecular complexity index is 588. The second-order valence-electron chi connectivity index (χ2n) is 4.60. The van der Waals surface area contributed by atoms with Crippen LogP contribution in [0.1, 0.15) is 22.3 Å². The molecule has 1 aromatic rings. The fourth-order valence-electron chi connectivity index (χ4n) is 1.99. The highest BCUT2D eigenvalue weighted by Crippen LogP contribution is 2.19. The molecule has 0 aromatic heterocycles. The zero-order valence-electron chi connectivity index (χ0n) is 10.9. The summed E-state index contributed by atoms with van der Waals surface area (Å²) in [6.07, 6.45) is 0.145. The SMILES string of the molecule is CN1C(=O)CC(NCc2ccc(C(N)=O)cc2Cl)C1=O. The number of benzene rings is 1. The summed E-state index contributed by atoms with van der Waals surface area (Å²) in [5.74, 6) is -1.01. The Labute approximate surface area is 120 Å². The Balaban J connectivity index is 2.03. The van der Waals surface area contributed by atoms with Crippen molar-refractivity contribution in [2.45, 2.75) is 19.0 Å². The van der Waals surface area contributed by atoms with Crippen molar-refractivity contribution in [3.8, 4) is 0 Å². The summed E-state index contributed by atoms with van der Waals surface area (Å²) in [4.78, 5) is 35.2. The number of nitrogens with zero attached hydrogens (tertiary/aromatic N) is 1. The third-order valence-electron chi connectivity index (χ3n) is 3.26. The Morgan fingerprint density at radius 1 is 1.50 bits per heavy atom. The first-order chi connectivity index (χ1) is 9.40. The minimum atomic E-state index is -0.551. The average Bonchev–Trinajstić information content (AvgIpc) is 2.64. The summed E-state index contributed by atoms with van der Waals surface area (Å²) in [6, 6.07) is 4.19. The van der Waals surface area contributed by atoms with Gasteiger partial charge in [0.05, 0.1) is 12.5 Å². The van der Waals surface area contributed by atoms with Gasteiger partial charge in [0.15, 0.2) is 0 Å². The minimum absolute atomic E-state index is 0.145. The number of carbonyl (C=O) groups is 3.